The zero-order chi connectivity index (χ0) is 14.5. The third-order valence-corrected chi connectivity index (χ3v) is 2.94. The molecule has 0 saturated heterocycles. The van der Waals surface area contributed by atoms with Gasteiger partial charge in [0.2, 0.25) is 11.9 Å². The van der Waals surface area contributed by atoms with E-state index in [2.05, 4.69) is 56.4 Å². The second-order valence-corrected chi connectivity index (χ2v) is 4.83. The van der Waals surface area contributed by atoms with Gasteiger partial charge < -0.3 is 10.6 Å². The van der Waals surface area contributed by atoms with Gasteiger partial charge in [-0.3, -0.25) is 0 Å². The molecule has 0 aromatic carbocycles. The van der Waals surface area contributed by atoms with Crippen LogP contribution in [0.1, 0.15) is 27.7 Å². The monoisotopic (exact) mass is 276 g/mol. The molecule has 108 valence electrons. The summed E-state index contributed by atoms with van der Waals surface area (Å²) in [5.74, 6) is 1.96. The molecule has 2 N–H and O–H groups in total. The Morgan fingerprint density at radius 3 is 2.50 bits per heavy atom. The molecule has 0 bridgehead atoms. The topological polar surface area (TPSA) is 93.4 Å². The van der Waals surface area contributed by atoms with Gasteiger partial charge >= 0.3 is 0 Å². The Bertz CT molecular complexity index is 536. The third-order valence-electron chi connectivity index (χ3n) is 2.94. The van der Waals surface area contributed by atoms with Crippen LogP contribution < -0.4 is 10.6 Å². The van der Waals surface area contributed by atoms with Gasteiger partial charge in [-0.15, -0.1) is 0 Å². The number of hydrogen-bond acceptors (Lipinski definition) is 7. The van der Waals surface area contributed by atoms with Crippen LogP contribution in [0.25, 0.3) is 5.95 Å². The van der Waals surface area contributed by atoms with E-state index in [9.17, 15) is 0 Å². The van der Waals surface area contributed by atoms with Crippen LogP contribution in [0.2, 0.25) is 0 Å². The Balaban J connectivity index is 2.31. The van der Waals surface area contributed by atoms with Crippen LogP contribution in [0.5, 0.6) is 0 Å². The molecule has 8 nitrogen and oxygen atoms in total. The van der Waals surface area contributed by atoms with Gasteiger partial charge in [-0.05, 0) is 19.8 Å². The van der Waals surface area contributed by atoms with Crippen LogP contribution >= 0.6 is 0 Å². The van der Waals surface area contributed by atoms with Crippen LogP contribution in [0.15, 0.2) is 12.7 Å². The molecule has 0 fully saturated rings. The fraction of sp³-hybridized carbons (Fsp3) is 0.583. The second-order valence-electron chi connectivity index (χ2n) is 4.83. The number of hydrogen-bond donors (Lipinski definition) is 2. The average molecular weight is 276 g/mol. The Hall–Kier alpha value is -2.25. The average Bonchev–Trinajstić information content (AvgIpc) is 2.92. The lowest BCUT2D eigenvalue weighted by atomic mass is 10.1. The lowest BCUT2D eigenvalue weighted by Crippen LogP contribution is -2.24. The molecule has 0 aliphatic heterocycles. The van der Waals surface area contributed by atoms with Crippen molar-refractivity contribution in [1.29, 1.82) is 0 Å². The number of nitrogens with one attached hydrogen (secondary N) is 2. The van der Waals surface area contributed by atoms with Crippen molar-refractivity contribution in [2.75, 3.05) is 17.2 Å². The molecular weight excluding hydrogens is 256 g/mol. The molecule has 0 radical (unpaired) electrons. The molecule has 1 unspecified atom stereocenters. The smallest absolute Gasteiger partial charge is 0.258 e. The first-order valence-electron chi connectivity index (χ1n) is 6.71. The summed E-state index contributed by atoms with van der Waals surface area (Å²) in [7, 11) is 0. The van der Waals surface area contributed by atoms with Gasteiger partial charge in [-0.25, -0.2) is 4.98 Å². The zero-order valence-electron chi connectivity index (χ0n) is 12.2. The first-order chi connectivity index (χ1) is 9.60. The summed E-state index contributed by atoms with van der Waals surface area (Å²) in [6, 6.07) is 0.260. The van der Waals surface area contributed by atoms with Gasteiger partial charge in [0.25, 0.3) is 5.95 Å². The predicted molar refractivity (Wildman–Crippen MR) is 76.8 cm³/mol. The van der Waals surface area contributed by atoms with Crippen LogP contribution in [-0.4, -0.2) is 42.3 Å². The van der Waals surface area contributed by atoms with Crippen molar-refractivity contribution in [3.8, 4) is 5.95 Å². The number of rotatable bonds is 6. The van der Waals surface area contributed by atoms with E-state index >= 15 is 0 Å². The highest BCUT2D eigenvalue weighted by Crippen LogP contribution is 2.12. The summed E-state index contributed by atoms with van der Waals surface area (Å²) in [6.45, 7) is 9.10. The summed E-state index contributed by atoms with van der Waals surface area (Å²) in [4.78, 5) is 16.9. The molecule has 2 rings (SSSR count). The van der Waals surface area contributed by atoms with Crippen LogP contribution in [0.4, 0.5) is 11.9 Å². The highest BCUT2D eigenvalue weighted by Gasteiger charge is 2.12. The lowest BCUT2D eigenvalue weighted by molar-refractivity contribution is 0.555. The zero-order valence-corrected chi connectivity index (χ0v) is 12.2. The van der Waals surface area contributed by atoms with Crippen molar-refractivity contribution < 1.29 is 0 Å². The van der Waals surface area contributed by atoms with Crippen molar-refractivity contribution in [3.63, 3.8) is 0 Å². The molecule has 8 heteroatoms. The fourth-order valence-electron chi connectivity index (χ4n) is 1.45. The SMILES string of the molecule is CCNc1nc(NC(C)C(C)C)nc(-n2cncn2)n1. The molecule has 2 aromatic rings. The molecular formula is C12H20N8. The van der Waals surface area contributed by atoms with E-state index in [-0.39, 0.29) is 6.04 Å². The molecule has 0 spiro atoms. The van der Waals surface area contributed by atoms with E-state index in [0.29, 0.717) is 23.8 Å². The van der Waals surface area contributed by atoms with Crippen molar-refractivity contribution in [1.82, 2.24) is 29.7 Å². The van der Waals surface area contributed by atoms with Gasteiger partial charge in [0.05, 0.1) is 0 Å². The van der Waals surface area contributed by atoms with Gasteiger partial charge in [-0.2, -0.15) is 24.7 Å². The quantitative estimate of drug-likeness (QED) is 0.822. The summed E-state index contributed by atoms with van der Waals surface area (Å²) >= 11 is 0. The maximum atomic E-state index is 4.37. The molecule has 0 aliphatic rings. The highest BCUT2D eigenvalue weighted by atomic mass is 15.4. The van der Waals surface area contributed by atoms with E-state index in [1.165, 1.54) is 11.0 Å². The first-order valence-corrected chi connectivity index (χ1v) is 6.71. The largest absolute Gasteiger partial charge is 0.354 e. The van der Waals surface area contributed by atoms with Crippen LogP contribution in [0, 0.1) is 5.92 Å². The molecule has 2 aromatic heterocycles. The predicted octanol–water partition coefficient (Wildman–Crippen LogP) is 1.34. The molecule has 0 saturated carbocycles. The minimum absolute atomic E-state index is 0.260. The lowest BCUT2D eigenvalue weighted by Gasteiger charge is -2.18. The van der Waals surface area contributed by atoms with Gasteiger partial charge in [0.15, 0.2) is 0 Å². The van der Waals surface area contributed by atoms with E-state index in [0.717, 1.165) is 6.54 Å². The fourth-order valence-corrected chi connectivity index (χ4v) is 1.45. The first kappa shape index (κ1) is 14.2. The maximum Gasteiger partial charge on any atom is 0.258 e. The Morgan fingerprint density at radius 1 is 1.15 bits per heavy atom. The third kappa shape index (κ3) is 3.40. The molecule has 0 aliphatic carbocycles. The summed E-state index contributed by atoms with van der Waals surface area (Å²) in [6.07, 6.45) is 3.00. The Labute approximate surface area is 118 Å². The minimum Gasteiger partial charge on any atom is -0.354 e. The van der Waals surface area contributed by atoms with Gasteiger partial charge in [0, 0.05) is 12.6 Å². The highest BCUT2D eigenvalue weighted by molar-refractivity contribution is 5.38. The number of nitrogens with zero attached hydrogens (tertiary/aromatic N) is 6. The van der Waals surface area contributed by atoms with E-state index in [4.69, 9.17) is 0 Å². The van der Waals surface area contributed by atoms with Crippen LogP contribution in [-0.2, 0) is 0 Å². The molecule has 1 atom stereocenters. The van der Waals surface area contributed by atoms with E-state index in [1.807, 2.05) is 6.92 Å². The maximum absolute atomic E-state index is 4.37. The standard InChI is InChI=1S/C12H20N8/c1-5-14-10-17-11(16-9(4)8(2)3)19-12(18-10)20-7-13-6-15-20/h6-9H,5H2,1-4H3,(H2,14,16,17,18,19). The molecule has 0 amide bonds. The van der Waals surface area contributed by atoms with Gasteiger partial charge in [-0.1, -0.05) is 13.8 Å². The van der Waals surface area contributed by atoms with E-state index < -0.39 is 0 Å². The van der Waals surface area contributed by atoms with Crippen molar-refractivity contribution >= 4 is 11.9 Å². The molecule has 20 heavy (non-hydrogen) atoms. The Kier molecular flexibility index (Phi) is 4.44. The number of anilines is 2. The van der Waals surface area contributed by atoms with Gasteiger partial charge in [0.1, 0.15) is 12.7 Å². The summed E-state index contributed by atoms with van der Waals surface area (Å²) in [5.41, 5.74) is 0. The summed E-state index contributed by atoms with van der Waals surface area (Å²) in [5, 5.41) is 10.4. The number of aromatic nitrogens is 6. The normalized spacial score (nSPS) is 12.4. The molecule has 2 heterocycles. The van der Waals surface area contributed by atoms with Crippen molar-refractivity contribution in [2.45, 2.75) is 33.7 Å². The second kappa shape index (κ2) is 6.27. The van der Waals surface area contributed by atoms with E-state index in [1.54, 1.807) is 6.33 Å². The Morgan fingerprint density at radius 2 is 1.90 bits per heavy atom. The van der Waals surface area contributed by atoms with Crippen molar-refractivity contribution in [3.05, 3.63) is 12.7 Å². The van der Waals surface area contributed by atoms with Crippen LogP contribution in [0.3, 0.4) is 0 Å². The van der Waals surface area contributed by atoms with Crippen molar-refractivity contribution in [2.24, 2.45) is 5.92 Å². The minimum atomic E-state index is 0.260. The summed E-state index contributed by atoms with van der Waals surface area (Å²) < 4.78 is 1.51.